The van der Waals surface area contributed by atoms with Crippen molar-refractivity contribution in [3.63, 3.8) is 0 Å². The molecule has 0 radical (unpaired) electrons. The summed E-state index contributed by atoms with van der Waals surface area (Å²) in [5.41, 5.74) is 5.81. The summed E-state index contributed by atoms with van der Waals surface area (Å²) in [6.07, 6.45) is 0.592. The van der Waals surface area contributed by atoms with Crippen LogP contribution < -0.4 is 10.7 Å². The summed E-state index contributed by atoms with van der Waals surface area (Å²) >= 11 is 0. The molecule has 0 bridgehead atoms. The second-order valence-electron chi connectivity index (χ2n) is 5.81. The summed E-state index contributed by atoms with van der Waals surface area (Å²) in [6.45, 7) is 4.69. The predicted molar refractivity (Wildman–Crippen MR) is 101 cm³/mol. The van der Waals surface area contributed by atoms with Gasteiger partial charge in [0.25, 0.3) is 0 Å². The van der Waals surface area contributed by atoms with Crippen molar-refractivity contribution in [1.29, 1.82) is 0 Å². The quantitative estimate of drug-likeness (QED) is 0.412. The molecular formula is C19H20N4O2. The molecule has 3 aromatic rings. The van der Waals surface area contributed by atoms with Crippen LogP contribution in [-0.4, -0.2) is 22.6 Å². The first-order valence-corrected chi connectivity index (χ1v) is 8.17. The van der Waals surface area contributed by atoms with Crippen LogP contribution in [0.3, 0.4) is 0 Å². The van der Waals surface area contributed by atoms with E-state index in [0.29, 0.717) is 12.1 Å². The average Bonchev–Trinajstić information content (AvgIpc) is 2.93. The van der Waals surface area contributed by atoms with Crippen molar-refractivity contribution < 1.29 is 9.59 Å². The average molecular weight is 336 g/mol. The molecule has 0 atom stereocenters. The molecule has 2 aromatic carbocycles. The van der Waals surface area contributed by atoms with Crippen LogP contribution in [0.2, 0.25) is 0 Å². The molecule has 1 aromatic heterocycles. The highest BCUT2D eigenvalue weighted by Gasteiger charge is 2.11. The number of aryl methyl sites for hydroxylation is 1. The maximum Gasteiger partial charge on any atom is 0.230 e. The van der Waals surface area contributed by atoms with Gasteiger partial charge in [0.15, 0.2) is 0 Å². The van der Waals surface area contributed by atoms with Gasteiger partial charge in [0, 0.05) is 39.7 Å². The van der Waals surface area contributed by atoms with Gasteiger partial charge in [-0.05, 0) is 38.1 Å². The molecule has 1 heterocycles. The number of amides is 2. The second kappa shape index (κ2) is 7.17. The first-order chi connectivity index (χ1) is 12.1. The van der Waals surface area contributed by atoms with E-state index in [1.807, 2.05) is 30.3 Å². The molecule has 2 amide bonds. The van der Waals surface area contributed by atoms with Crippen molar-refractivity contribution in [1.82, 2.24) is 9.99 Å². The van der Waals surface area contributed by atoms with E-state index in [1.165, 1.54) is 10.9 Å². The van der Waals surface area contributed by atoms with Gasteiger partial charge in [-0.25, -0.2) is 5.43 Å². The van der Waals surface area contributed by atoms with Crippen LogP contribution in [0.5, 0.6) is 0 Å². The maximum atomic E-state index is 12.1. The summed E-state index contributed by atoms with van der Waals surface area (Å²) in [5, 5.41) is 8.94. The first kappa shape index (κ1) is 16.7. The molecule has 0 saturated heterocycles. The number of hydrazone groups is 1. The number of benzene rings is 2. The lowest BCUT2D eigenvalue weighted by molar-refractivity contribution is -0.115. The minimum absolute atomic E-state index is 0.121. The van der Waals surface area contributed by atoms with Crippen molar-refractivity contribution in [2.45, 2.75) is 26.8 Å². The van der Waals surface area contributed by atoms with Gasteiger partial charge in [-0.2, -0.15) is 5.10 Å². The number of carbonyl (C=O) groups excluding carboxylic acids is 2. The summed E-state index contributed by atoms with van der Waals surface area (Å²) in [4.78, 5) is 22.4. The fourth-order valence-electron chi connectivity index (χ4n) is 3.09. The van der Waals surface area contributed by atoms with E-state index in [1.54, 1.807) is 6.92 Å². The zero-order valence-corrected chi connectivity index (χ0v) is 14.2. The summed E-state index contributed by atoms with van der Waals surface area (Å²) in [6, 6.07) is 14.2. The SMILES string of the molecule is CCn1c2ccccc2c2cc(NC(=O)C/C(C)=N/NC=O)ccc21. The number of para-hydroxylation sites is 1. The maximum absolute atomic E-state index is 12.1. The molecule has 0 spiro atoms. The number of anilines is 1. The van der Waals surface area contributed by atoms with Gasteiger partial charge in [0.1, 0.15) is 0 Å². The normalized spacial score (nSPS) is 11.7. The van der Waals surface area contributed by atoms with Crippen molar-refractivity contribution in [2.24, 2.45) is 5.10 Å². The molecule has 0 unspecified atom stereocenters. The second-order valence-corrected chi connectivity index (χ2v) is 5.81. The first-order valence-electron chi connectivity index (χ1n) is 8.17. The van der Waals surface area contributed by atoms with E-state index in [2.05, 4.69) is 39.5 Å². The molecule has 0 fully saturated rings. The lowest BCUT2D eigenvalue weighted by Crippen LogP contribution is -2.16. The van der Waals surface area contributed by atoms with Crippen LogP contribution >= 0.6 is 0 Å². The number of aromatic nitrogens is 1. The highest BCUT2D eigenvalue weighted by molar-refractivity contribution is 6.11. The van der Waals surface area contributed by atoms with Crippen LogP contribution in [0.4, 0.5) is 5.69 Å². The molecule has 0 saturated carbocycles. The molecule has 0 aliphatic carbocycles. The molecule has 0 aliphatic heterocycles. The molecule has 6 nitrogen and oxygen atoms in total. The standard InChI is InChI=1S/C19H20N4O2/c1-3-23-17-7-5-4-6-15(17)16-11-14(8-9-18(16)23)21-19(25)10-13(2)22-20-12-24/h4-9,11-12H,3,10H2,1-2H3,(H,20,24)(H,21,25)/b22-13+. The minimum Gasteiger partial charge on any atom is -0.341 e. The Balaban J connectivity index is 1.90. The van der Waals surface area contributed by atoms with Crippen molar-refractivity contribution in [3.8, 4) is 0 Å². The van der Waals surface area contributed by atoms with Gasteiger partial charge >= 0.3 is 0 Å². The van der Waals surface area contributed by atoms with Crippen molar-refractivity contribution in [3.05, 3.63) is 42.5 Å². The van der Waals surface area contributed by atoms with Gasteiger partial charge in [0.2, 0.25) is 12.3 Å². The van der Waals surface area contributed by atoms with Crippen LogP contribution in [0.25, 0.3) is 21.8 Å². The largest absolute Gasteiger partial charge is 0.341 e. The van der Waals surface area contributed by atoms with Crippen molar-refractivity contribution >= 4 is 45.5 Å². The smallest absolute Gasteiger partial charge is 0.230 e. The van der Waals surface area contributed by atoms with Crippen LogP contribution in [0.1, 0.15) is 20.3 Å². The number of carbonyl (C=O) groups is 2. The molecular weight excluding hydrogens is 316 g/mol. The van der Waals surface area contributed by atoms with Gasteiger partial charge in [-0.1, -0.05) is 18.2 Å². The van der Waals surface area contributed by atoms with E-state index < -0.39 is 0 Å². The molecule has 128 valence electrons. The third-order valence-corrected chi connectivity index (χ3v) is 4.10. The van der Waals surface area contributed by atoms with E-state index >= 15 is 0 Å². The van der Waals surface area contributed by atoms with Crippen molar-refractivity contribution in [2.75, 3.05) is 5.32 Å². The molecule has 3 rings (SSSR count). The summed E-state index contributed by atoms with van der Waals surface area (Å²) < 4.78 is 2.26. The van der Waals surface area contributed by atoms with E-state index in [4.69, 9.17) is 0 Å². The van der Waals surface area contributed by atoms with Crippen LogP contribution in [0.15, 0.2) is 47.6 Å². The topological polar surface area (TPSA) is 75.5 Å². The monoisotopic (exact) mass is 336 g/mol. The Morgan fingerprint density at radius 1 is 1.16 bits per heavy atom. The Labute approximate surface area is 145 Å². The zero-order valence-electron chi connectivity index (χ0n) is 14.2. The highest BCUT2D eigenvalue weighted by Crippen LogP contribution is 2.30. The van der Waals surface area contributed by atoms with E-state index in [-0.39, 0.29) is 12.3 Å². The number of rotatable bonds is 6. The minimum atomic E-state index is -0.174. The Hall–Kier alpha value is -3.15. The molecule has 6 heteroatoms. The van der Waals surface area contributed by atoms with E-state index in [9.17, 15) is 9.59 Å². The fourth-order valence-corrected chi connectivity index (χ4v) is 3.09. The Kier molecular flexibility index (Phi) is 4.79. The number of fused-ring (bicyclic) bond motifs is 3. The molecule has 25 heavy (non-hydrogen) atoms. The zero-order chi connectivity index (χ0) is 17.8. The fraction of sp³-hybridized carbons (Fsp3) is 0.211. The Bertz CT molecular complexity index is 972. The number of hydrogen-bond donors (Lipinski definition) is 2. The number of nitrogens with one attached hydrogen (secondary N) is 2. The van der Waals surface area contributed by atoms with Gasteiger partial charge < -0.3 is 9.88 Å². The van der Waals surface area contributed by atoms with Gasteiger partial charge in [0.05, 0.1) is 6.42 Å². The molecule has 2 N–H and O–H groups in total. The van der Waals surface area contributed by atoms with Crippen LogP contribution in [0, 0.1) is 0 Å². The third-order valence-electron chi connectivity index (χ3n) is 4.10. The molecule has 0 aliphatic rings. The van der Waals surface area contributed by atoms with Gasteiger partial charge in [-0.3, -0.25) is 9.59 Å². The lowest BCUT2D eigenvalue weighted by Gasteiger charge is -2.06. The van der Waals surface area contributed by atoms with Gasteiger partial charge in [-0.15, -0.1) is 0 Å². The number of hydrogen-bond acceptors (Lipinski definition) is 3. The highest BCUT2D eigenvalue weighted by atomic mass is 16.1. The third kappa shape index (κ3) is 3.38. The summed E-state index contributed by atoms with van der Waals surface area (Å²) in [5.74, 6) is -0.174. The van der Waals surface area contributed by atoms with Crippen LogP contribution in [-0.2, 0) is 16.1 Å². The Morgan fingerprint density at radius 2 is 1.92 bits per heavy atom. The Morgan fingerprint density at radius 3 is 2.68 bits per heavy atom. The predicted octanol–water partition coefficient (Wildman–Crippen LogP) is 3.26. The van der Waals surface area contributed by atoms with E-state index in [0.717, 1.165) is 23.1 Å². The number of nitrogens with zero attached hydrogens (tertiary/aromatic N) is 2. The lowest BCUT2D eigenvalue weighted by atomic mass is 10.1. The summed E-state index contributed by atoms with van der Waals surface area (Å²) in [7, 11) is 0.